The van der Waals surface area contributed by atoms with E-state index in [4.69, 9.17) is 4.74 Å². The number of aryl methyl sites for hydroxylation is 2. The van der Waals surface area contributed by atoms with Gasteiger partial charge in [0.05, 0.1) is 24.2 Å². The molecule has 0 aliphatic heterocycles. The van der Waals surface area contributed by atoms with Gasteiger partial charge in [-0.2, -0.15) is 0 Å². The van der Waals surface area contributed by atoms with E-state index in [0.717, 1.165) is 16.7 Å². The summed E-state index contributed by atoms with van der Waals surface area (Å²) in [7, 11) is -2.16. The number of ether oxygens (including phenoxy) is 1. The van der Waals surface area contributed by atoms with Crippen molar-refractivity contribution in [3.63, 3.8) is 0 Å². The summed E-state index contributed by atoms with van der Waals surface area (Å²) in [4.78, 5) is 0.268. The Labute approximate surface area is 161 Å². The zero-order chi connectivity index (χ0) is 19.4. The van der Waals surface area contributed by atoms with Gasteiger partial charge in [0.15, 0.2) is 0 Å². The Morgan fingerprint density at radius 2 is 1.59 bits per heavy atom. The fourth-order valence-electron chi connectivity index (χ4n) is 2.86. The summed E-state index contributed by atoms with van der Waals surface area (Å²) in [6.07, 6.45) is 0. The summed E-state index contributed by atoms with van der Waals surface area (Å²) in [5.41, 5.74) is 3.58. The van der Waals surface area contributed by atoms with Crippen LogP contribution in [0.4, 0.5) is 5.69 Å². The van der Waals surface area contributed by atoms with Crippen LogP contribution in [0.15, 0.2) is 77.7 Å². The van der Waals surface area contributed by atoms with Crippen LogP contribution >= 0.6 is 0 Å². The van der Waals surface area contributed by atoms with Crippen molar-refractivity contribution in [1.29, 1.82) is 0 Å². The average Bonchev–Trinajstić information content (AvgIpc) is 2.67. The Hall–Kier alpha value is -2.79. The molecule has 0 aliphatic carbocycles. The molecule has 0 radical (unpaired) electrons. The van der Waals surface area contributed by atoms with Crippen molar-refractivity contribution in [1.82, 2.24) is 0 Å². The van der Waals surface area contributed by atoms with Crippen molar-refractivity contribution in [2.75, 3.05) is 11.4 Å². The van der Waals surface area contributed by atoms with E-state index in [1.54, 1.807) is 43.5 Å². The van der Waals surface area contributed by atoms with Gasteiger partial charge in [-0.3, -0.25) is 4.31 Å². The lowest BCUT2D eigenvalue weighted by Gasteiger charge is -2.26. The SMILES string of the molecule is COc1cccc(N(Cc2ccccc2C)S(=O)(=O)c2ccc(C)cc2)c1. The molecule has 0 spiro atoms. The second-order valence-electron chi connectivity index (χ2n) is 6.45. The summed E-state index contributed by atoms with van der Waals surface area (Å²) >= 11 is 0. The first-order valence-corrected chi connectivity index (χ1v) is 10.1. The van der Waals surface area contributed by atoms with Gasteiger partial charge in [0.2, 0.25) is 0 Å². The second kappa shape index (κ2) is 7.84. The van der Waals surface area contributed by atoms with Crippen molar-refractivity contribution in [3.8, 4) is 5.75 Å². The van der Waals surface area contributed by atoms with Gasteiger partial charge in [-0.15, -0.1) is 0 Å². The Balaban J connectivity index is 2.11. The predicted molar refractivity (Wildman–Crippen MR) is 109 cm³/mol. The van der Waals surface area contributed by atoms with Gasteiger partial charge < -0.3 is 4.74 Å². The highest BCUT2D eigenvalue weighted by molar-refractivity contribution is 7.92. The minimum Gasteiger partial charge on any atom is -0.497 e. The molecule has 0 aliphatic rings. The molecule has 0 bridgehead atoms. The highest BCUT2D eigenvalue weighted by atomic mass is 32.2. The zero-order valence-electron chi connectivity index (χ0n) is 15.7. The fourth-order valence-corrected chi connectivity index (χ4v) is 4.29. The molecule has 0 unspecified atom stereocenters. The number of nitrogens with zero attached hydrogens (tertiary/aromatic N) is 1. The van der Waals surface area contributed by atoms with E-state index in [0.29, 0.717) is 11.4 Å². The summed E-state index contributed by atoms with van der Waals surface area (Å²) in [6.45, 7) is 4.16. The highest BCUT2D eigenvalue weighted by Crippen LogP contribution is 2.29. The lowest BCUT2D eigenvalue weighted by atomic mass is 10.1. The molecule has 0 fully saturated rings. The number of methoxy groups -OCH3 is 1. The highest BCUT2D eigenvalue weighted by Gasteiger charge is 2.26. The predicted octanol–water partition coefficient (Wildman–Crippen LogP) is 4.71. The van der Waals surface area contributed by atoms with E-state index >= 15 is 0 Å². The molecule has 0 heterocycles. The van der Waals surface area contributed by atoms with Crippen LogP contribution in [-0.4, -0.2) is 15.5 Å². The minimum atomic E-state index is -3.73. The molecule has 0 aromatic heterocycles. The van der Waals surface area contributed by atoms with Gasteiger partial charge in [-0.25, -0.2) is 8.42 Å². The average molecular weight is 381 g/mol. The van der Waals surface area contributed by atoms with Crippen molar-refractivity contribution in [2.24, 2.45) is 0 Å². The van der Waals surface area contributed by atoms with Crippen LogP contribution < -0.4 is 9.04 Å². The van der Waals surface area contributed by atoms with Crippen LogP contribution in [0.5, 0.6) is 5.75 Å². The third-order valence-electron chi connectivity index (χ3n) is 4.53. The molecule has 3 rings (SSSR count). The molecular weight excluding hydrogens is 358 g/mol. The maximum absolute atomic E-state index is 13.4. The third-order valence-corrected chi connectivity index (χ3v) is 6.31. The normalized spacial score (nSPS) is 11.2. The van der Waals surface area contributed by atoms with E-state index in [1.165, 1.54) is 4.31 Å². The van der Waals surface area contributed by atoms with Gasteiger partial charge in [0.25, 0.3) is 10.0 Å². The lowest BCUT2D eigenvalue weighted by molar-refractivity contribution is 0.415. The van der Waals surface area contributed by atoms with Crippen LogP contribution in [0, 0.1) is 13.8 Å². The maximum atomic E-state index is 13.4. The van der Waals surface area contributed by atoms with Crippen molar-refractivity contribution >= 4 is 15.7 Å². The standard InChI is InChI=1S/C22H23NO3S/c1-17-11-13-22(14-12-17)27(24,25)23(16-19-8-5-4-7-18(19)2)20-9-6-10-21(15-20)26-3/h4-15H,16H2,1-3H3. The molecule has 0 amide bonds. The molecule has 27 heavy (non-hydrogen) atoms. The van der Waals surface area contributed by atoms with Crippen molar-refractivity contribution in [3.05, 3.63) is 89.5 Å². The maximum Gasteiger partial charge on any atom is 0.264 e. The molecule has 0 atom stereocenters. The lowest BCUT2D eigenvalue weighted by Crippen LogP contribution is -2.30. The first-order chi connectivity index (χ1) is 12.9. The molecule has 0 saturated carbocycles. The molecule has 3 aromatic rings. The largest absolute Gasteiger partial charge is 0.497 e. The number of rotatable bonds is 6. The van der Waals surface area contributed by atoms with Crippen LogP contribution in [0.25, 0.3) is 0 Å². The minimum absolute atomic E-state index is 0.246. The van der Waals surface area contributed by atoms with Gasteiger partial charge >= 0.3 is 0 Å². The summed E-state index contributed by atoms with van der Waals surface area (Å²) in [5.74, 6) is 0.612. The van der Waals surface area contributed by atoms with Crippen molar-refractivity contribution in [2.45, 2.75) is 25.3 Å². The summed E-state index contributed by atoms with van der Waals surface area (Å²) in [6, 6.07) is 21.8. The number of anilines is 1. The number of sulfonamides is 1. The molecule has 5 heteroatoms. The molecule has 0 N–H and O–H groups in total. The van der Waals surface area contributed by atoms with Gasteiger partial charge in [-0.05, 0) is 49.2 Å². The van der Waals surface area contributed by atoms with E-state index in [1.807, 2.05) is 50.2 Å². The van der Waals surface area contributed by atoms with Crippen molar-refractivity contribution < 1.29 is 13.2 Å². The van der Waals surface area contributed by atoms with Gasteiger partial charge in [0, 0.05) is 6.07 Å². The summed E-state index contributed by atoms with van der Waals surface area (Å²) in [5, 5.41) is 0. The molecular formula is C22H23NO3S. The molecule has 0 saturated heterocycles. The third kappa shape index (κ3) is 4.14. The van der Waals surface area contributed by atoms with Crippen LogP contribution in [0.2, 0.25) is 0 Å². The smallest absolute Gasteiger partial charge is 0.264 e. The first kappa shape index (κ1) is 19.0. The Morgan fingerprint density at radius 3 is 2.26 bits per heavy atom. The summed E-state index contributed by atoms with van der Waals surface area (Å²) < 4.78 is 33.6. The Kier molecular flexibility index (Phi) is 5.51. The van der Waals surface area contributed by atoms with Crippen LogP contribution in [0.1, 0.15) is 16.7 Å². The Morgan fingerprint density at radius 1 is 0.889 bits per heavy atom. The number of hydrogen-bond donors (Lipinski definition) is 0. The van der Waals surface area contributed by atoms with E-state index < -0.39 is 10.0 Å². The molecule has 140 valence electrons. The Bertz CT molecular complexity index is 1030. The zero-order valence-corrected chi connectivity index (χ0v) is 16.5. The topological polar surface area (TPSA) is 46.6 Å². The first-order valence-electron chi connectivity index (χ1n) is 8.70. The quantitative estimate of drug-likeness (QED) is 0.621. The van der Waals surface area contributed by atoms with Crippen LogP contribution in [-0.2, 0) is 16.6 Å². The van der Waals surface area contributed by atoms with Crippen LogP contribution in [0.3, 0.4) is 0 Å². The second-order valence-corrected chi connectivity index (χ2v) is 8.32. The van der Waals surface area contributed by atoms with E-state index in [9.17, 15) is 8.42 Å². The monoisotopic (exact) mass is 381 g/mol. The molecule has 4 nitrogen and oxygen atoms in total. The van der Waals surface area contributed by atoms with Gasteiger partial charge in [0.1, 0.15) is 5.75 Å². The van der Waals surface area contributed by atoms with Gasteiger partial charge in [-0.1, -0.05) is 48.0 Å². The van der Waals surface area contributed by atoms with E-state index in [2.05, 4.69) is 0 Å². The molecule has 3 aromatic carbocycles. The number of benzene rings is 3. The number of hydrogen-bond acceptors (Lipinski definition) is 3. The van der Waals surface area contributed by atoms with E-state index in [-0.39, 0.29) is 11.4 Å². The fraction of sp³-hybridized carbons (Fsp3) is 0.182.